The molecule has 1 aromatic rings. The molecule has 124 valence electrons. The Balaban J connectivity index is 1.57. The van der Waals surface area contributed by atoms with Gasteiger partial charge in [-0.25, -0.2) is 0 Å². The molecule has 1 fully saturated rings. The fourth-order valence-corrected chi connectivity index (χ4v) is 3.49. The van der Waals surface area contributed by atoms with E-state index in [9.17, 15) is 9.59 Å². The number of carbonyl (C=O) groups excluding carboxylic acids is 2. The Kier molecular flexibility index (Phi) is 4.66. The molecule has 1 saturated heterocycles. The Bertz CT molecular complexity index is 606. The number of hydrogen-bond acceptors (Lipinski definition) is 3. The highest BCUT2D eigenvalue weighted by atomic mass is 16.2. The van der Waals surface area contributed by atoms with Crippen LogP contribution in [-0.2, 0) is 22.4 Å². The maximum absolute atomic E-state index is 12.5. The van der Waals surface area contributed by atoms with Crippen LogP contribution >= 0.6 is 0 Å². The van der Waals surface area contributed by atoms with Crippen LogP contribution in [0.4, 0.5) is 5.69 Å². The van der Waals surface area contributed by atoms with Crippen LogP contribution in [0.3, 0.4) is 0 Å². The number of benzene rings is 1. The monoisotopic (exact) mass is 315 g/mol. The summed E-state index contributed by atoms with van der Waals surface area (Å²) in [6, 6.07) is 6.06. The van der Waals surface area contributed by atoms with Crippen molar-refractivity contribution in [3.8, 4) is 0 Å². The molecular formula is C18H25N3O2. The van der Waals surface area contributed by atoms with Gasteiger partial charge in [0.1, 0.15) is 0 Å². The number of aryl methyl sites for hydroxylation is 2. The van der Waals surface area contributed by atoms with E-state index in [0.717, 1.165) is 31.6 Å². The number of piperazine rings is 1. The number of anilines is 1. The first-order chi connectivity index (χ1) is 11.0. The molecule has 0 bridgehead atoms. The molecule has 0 radical (unpaired) electrons. The lowest BCUT2D eigenvalue weighted by Crippen LogP contribution is -2.53. The van der Waals surface area contributed by atoms with Gasteiger partial charge in [-0.3, -0.25) is 14.5 Å². The molecule has 1 N–H and O–H groups in total. The Hall–Kier alpha value is -1.88. The molecule has 0 aromatic heterocycles. The van der Waals surface area contributed by atoms with Crippen molar-refractivity contribution < 1.29 is 9.59 Å². The van der Waals surface area contributed by atoms with E-state index in [1.54, 1.807) is 6.92 Å². The van der Waals surface area contributed by atoms with E-state index in [4.69, 9.17) is 0 Å². The molecule has 1 aliphatic carbocycles. The topological polar surface area (TPSA) is 52.7 Å². The first kappa shape index (κ1) is 16.0. The average Bonchev–Trinajstić information content (AvgIpc) is 3.01. The van der Waals surface area contributed by atoms with E-state index in [1.165, 1.54) is 17.5 Å². The summed E-state index contributed by atoms with van der Waals surface area (Å²) in [7, 11) is 0. The molecular weight excluding hydrogens is 290 g/mol. The van der Waals surface area contributed by atoms with Crippen molar-refractivity contribution in [2.24, 2.45) is 0 Å². The Morgan fingerprint density at radius 2 is 1.78 bits per heavy atom. The minimum absolute atomic E-state index is 0.0271. The molecule has 2 amide bonds. The zero-order valence-electron chi connectivity index (χ0n) is 14.0. The highest BCUT2D eigenvalue weighted by molar-refractivity contribution is 5.94. The van der Waals surface area contributed by atoms with Crippen LogP contribution in [-0.4, -0.2) is 53.8 Å². The van der Waals surface area contributed by atoms with E-state index in [-0.39, 0.29) is 17.9 Å². The van der Waals surface area contributed by atoms with Gasteiger partial charge >= 0.3 is 0 Å². The molecule has 23 heavy (non-hydrogen) atoms. The minimum Gasteiger partial charge on any atom is -0.340 e. The summed E-state index contributed by atoms with van der Waals surface area (Å²) >= 11 is 0. The van der Waals surface area contributed by atoms with Gasteiger partial charge in [0.15, 0.2) is 0 Å². The summed E-state index contributed by atoms with van der Waals surface area (Å²) in [5, 5.41) is 3.04. The summed E-state index contributed by atoms with van der Waals surface area (Å²) < 4.78 is 0. The standard InChI is InChI=1S/C18H25N3O2/c1-13(20-8-10-21(11-9-20)14(2)22)18(23)19-17-7-6-15-4-3-5-16(15)12-17/h6-7,12-13H,3-5,8-11H2,1-2H3,(H,19,23)/t13-/m1/s1. The first-order valence-corrected chi connectivity index (χ1v) is 8.47. The zero-order valence-corrected chi connectivity index (χ0v) is 14.0. The van der Waals surface area contributed by atoms with Crippen molar-refractivity contribution in [1.29, 1.82) is 0 Å². The number of fused-ring (bicyclic) bond motifs is 1. The van der Waals surface area contributed by atoms with E-state index in [2.05, 4.69) is 22.3 Å². The number of carbonyl (C=O) groups is 2. The van der Waals surface area contributed by atoms with Crippen molar-refractivity contribution >= 4 is 17.5 Å². The molecule has 0 saturated carbocycles. The van der Waals surface area contributed by atoms with Crippen LogP contribution in [0.15, 0.2) is 18.2 Å². The largest absolute Gasteiger partial charge is 0.340 e. The molecule has 1 heterocycles. The second kappa shape index (κ2) is 6.71. The number of rotatable bonds is 3. The predicted molar refractivity (Wildman–Crippen MR) is 90.4 cm³/mol. The number of amides is 2. The third-order valence-corrected chi connectivity index (χ3v) is 5.05. The summed E-state index contributed by atoms with van der Waals surface area (Å²) in [6.07, 6.45) is 3.48. The first-order valence-electron chi connectivity index (χ1n) is 8.47. The molecule has 1 aliphatic heterocycles. The lowest BCUT2D eigenvalue weighted by atomic mass is 10.1. The maximum atomic E-state index is 12.5. The smallest absolute Gasteiger partial charge is 0.241 e. The predicted octanol–water partition coefficient (Wildman–Crippen LogP) is 1.67. The van der Waals surface area contributed by atoms with E-state index < -0.39 is 0 Å². The second-order valence-electron chi connectivity index (χ2n) is 6.54. The van der Waals surface area contributed by atoms with Gasteiger partial charge in [0.05, 0.1) is 6.04 Å². The van der Waals surface area contributed by atoms with Gasteiger partial charge in [0, 0.05) is 38.8 Å². The fourth-order valence-electron chi connectivity index (χ4n) is 3.49. The summed E-state index contributed by atoms with van der Waals surface area (Å²) in [5.74, 6) is 0.138. The Labute approximate surface area is 137 Å². The molecule has 0 unspecified atom stereocenters. The summed E-state index contributed by atoms with van der Waals surface area (Å²) in [6.45, 7) is 6.43. The van der Waals surface area contributed by atoms with Gasteiger partial charge in [-0.1, -0.05) is 6.07 Å². The van der Waals surface area contributed by atoms with E-state index in [1.807, 2.05) is 17.9 Å². The normalized spacial score (nSPS) is 19.3. The highest BCUT2D eigenvalue weighted by Crippen LogP contribution is 2.25. The molecule has 1 aromatic carbocycles. The van der Waals surface area contributed by atoms with Crippen LogP contribution in [0.25, 0.3) is 0 Å². The maximum Gasteiger partial charge on any atom is 0.241 e. The van der Waals surface area contributed by atoms with Crippen LogP contribution in [0.2, 0.25) is 0 Å². The van der Waals surface area contributed by atoms with Crippen molar-refractivity contribution in [2.75, 3.05) is 31.5 Å². The lowest BCUT2D eigenvalue weighted by molar-refractivity contribution is -0.131. The molecule has 5 heteroatoms. The zero-order chi connectivity index (χ0) is 16.4. The number of nitrogens with one attached hydrogen (secondary N) is 1. The third-order valence-electron chi connectivity index (χ3n) is 5.05. The molecule has 5 nitrogen and oxygen atoms in total. The third kappa shape index (κ3) is 3.55. The lowest BCUT2D eigenvalue weighted by Gasteiger charge is -2.37. The molecule has 1 atom stereocenters. The Morgan fingerprint density at radius 1 is 1.09 bits per heavy atom. The molecule has 3 rings (SSSR count). The Morgan fingerprint density at radius 3 is 2.48 bits per heavy atom. The van der Waals surface area contributed by atoms with Crippen molar-refractivity contribution in [1.82, 2.24) is 9.80 Å². The van der Waals surface area contributed by atoms with E-state index in [0.29, 0.717) is 13.1 Å². The fraction of sp³-hybridized carbons (Fsp3) is 0.556. The van der Waals surface area contributed by atoms with Gasteiger partial charge < -0.3 is 10.2 Å². The van der Waals surface area contributed by atoms with Crippen molar-refractivity contribution in [3.05, 3.63) is 29.3 Å². The van der Waals surface area contributed by atoms with Gasteiger partial charge in [0.25, 0.3) is 0 Å². The van der Waals surface area contributed by atoms with E-state index >= 15 is 0 Å². The van der Waals surface area contributed by atoms with Gasteiger partial charge in [-0.05, 0) is 49.4 Å². The van der Waals surface area contributed by atoms with Gasteiger partial charge in [0.2, 0.25) is 11.8 Å². The highest BCUT2D eigenvalue weighted by Gasteiger charge is 2.26. The average molecular weight is 315 g/mol. The SMILES string of the molecule is CC(=O)N1CCN([C@H](C)C(=O)Nc2ccc3c(c2)CCC3)CC1. The van der Waals surface area contributed by atoms with Crippen molar-refractivity contribution in [3.63, 3.8) is 0 Å². The molecule has 2 aliphatic rings. The van der Waals surface area contributed by atoms with Crippen molar-refractivity contribution in [2.45, 2.75) is 39.2 Å². The number of nitrogens with zero attached hydrogens (tertiary/aromatic N) is 2. The summed E-state index contributed by atoms with van der Waals surface area (Å²) in [5.41, 5.74) is 3.67. The van der Waals surface area contributed by atoms with Crippen LogP contribution in [0.1, 0.15) is 31.4 Å². The number of hydrogen-bond donors (Lipinski definition) is 1. The minimum atomic E-state index is -0.183. The quantitative estimate of drug-likeness (QED) is 0.923. The van der Waals surface area contributed by atoms with Crippen LogP contribution in [0.5, 0.6) is 0 Å². The van der Waals surface area contributed by atoms with Crippen LogP contribution < -0.4 is 5.32 Å². The molecule has 0 spiro atoms. The van der Waals surface area contributed by atoms with Gasteiger partial charge in [-0.15, -0.1) is 0 Å². The second-order valence-corrected chi connectivity index (χ2v) is 6.54. The van der Waals surface area contributed by atoms with Crippen LogP contribution in [0, 0.1) is 0 Å². The van der Waals surface area contributed by atoms with Gasteiger partial charge in [-0.2, -0.15) is 0 Å². The summed E-state index contributed by atoms with van der Waals surface area (Å²) in [4.78, 5) is 27.8.